The molecule has 78 valence electrons. The fourth-order valence-electron chi connectivity index (χ4n) is 2.23. The van der Waals surface area contributed by atoms with Crippen LogP contribution in [0.2, 0.25) is 0 Å². The second-order valence-corrected chi connectivity index (χ2v) is 5.95. The third-order valence-corrected chi connectivity index (χ3v) is 4.87. The van der Waals surface area contributed by atoms with Crippen LogP contribution in [0, 0.1) is 5.92 Å². The number of thiophene rings is 1. The summed E-state index contributed by atoms with van der Waals surface area (Å²) in [5.41, 5.74) is 6.27. The summed E-state index contributed by atoms with van der Waals surface area (Å²) in [6.45, 7) is 0. The predicted octanol–water partition coefficient (Wildman–Crippen LogP) is 4.09. The molecule has 0 amide bonds. The van der Waals surface area contributed by atoms with E-state index in [1.165, 1.54) is 41.5 Å². The molecule has 1 aliphatic carbocycles. The third kappa shape index (κ3) is 2.38. The number of rotatable bonds is 2. The first-order chi connectivity index (χ1) is 6.77. The molecule has 1 aliphatic rings. The molecule has 1 atom stereocenters. The van der Waals surface area contributed by atoms with Gasteiger partial charge in [0.2, 0.25) is 0 Å². The van der Waals surface area contributed by atoms with Crippen LogP contribution < -0.4 is 5.73 Å². The van der Waals surface area contributed by atoms with Gasteiger partial charge in [0, 0.05) is 20.8 Å². The first kappa shape index (κ1) is 10.7. The molecule has 1 heterocycles. The van der Waals surface area contributed by atoms with Gasteiger partial charge in [0.25, 0.3) is 0 Å². The van der Waals surface area contributed by atoms with Gasteiger partial charge in [-0.1, -0.05) is 19.3 Å². The summed E-state index contributed by atoms with van der Waals surface area (Å²) in [6.07, 6.45) is 6.76. The highest BCUT2D eigenvalue weighted by Crippen LogP contribution is 2.35. The van der Waals surface area contributed by atoms with E-state index in [0.717, 1.165) is 0 Å². The second kappa shape index (κ2) is 4.77. The molecular weight excluding hydrogens is 258 g/mol. The number of halogens is 1. The van der Waals surface area contributed by atoms with Gasteiger partial charge in [0.1, 0.15) is 0 Å². The van der Waals surface area contributed by atoms with E-state index in [0.29, 0.717) is 5.92 Å². The van der Waals surface area contributed by atoms with Gasteiger partial charge in [-0.2, -0.15) is 0 Å². The van der Waals surface area contributed by atoms with Gasteiger partial charge in [0.05, 0.1) is 0 Å². The summed E-state index contributed by atoms with van der Waals surface area (Å²) in [5.74, 6) is 0.717. The van der Waals surface area contributed by atoms with Gasteiger partial charge in [-0.3, -0.25) is 0 Å². The van der Waals surface area contributed by atoms with Crippen LogP contribution in [0.15, 0.2) is 15.9 Å². The standard InChI is InChI=1S/C11H16BrNS/c12-9-6-10(14-7-9)11(13)8-4-2-1-3-5-8/h6-8,11H,1-5,13H2/t11-/m1/s1. The molecule has 1 nitrogen and oxygen atoms in total. The first-order valence-electron chi connectivity index (χ1n) is 5.27. The van der Waals surface area contributed by atoms with E-state index < -0.39 is 0 Å². The van der Waals surface area contributed by atoms with Crippen LogP contribution in [0.3, 0.4) is 0 Å². The van der Waals surface area contributed by atoms with E-state index in [2.05, 4.69) is 27.4 Å². The Morgan fingerprint density at radius 2 is 2.07 bits per heavy atom. The maximum absolute atomic E-state index is 6.27. The van der Waals surface area contributed by atoms with Crippen molar-refractivity contribution in [3.05, 3.63) is 20.8 Å². The molecular formula is C11H16BrNS. The number of hydrogen-bond acceptors (Lipinski definition) is 2. The highest BCUT2D eigenvalue weighted by molar-refractivity contribution is 9.10. The van der Waals surface area contributed by atoms with Crippen LogP contribution in [-0.4, -0.2) is 0 Å². The minimum absolute atomic E-state index is 0.270. The van der Waals surface area contributed by atoms with Crippen molar-refractivity contribution in [3.8, 4) is 0 Å². The lowest BCUT2D eigenvalue weighted by molar-refractivity contribution is 0.310. The highest BCUT2D eigenvalue weighted by Gasteiger charge is 2.22. The first-order valence-corrected chi connectivity index (χ1v) is 6.94. The van der Waals surface area contributed by atoms with Gasteiger partial charge >= 0.3 is 0 Å². The van der Waals surface area contributed by atoms with Crippen molar-refractivity contribution in [1.82, 2.24) is 0 Å². The second-order valence-electron chi connectivity index (χ2n) is 4.09. The van der Waals surface area contributed by atoms with Crippen LogP contribution in [-0.2, 0) is 0 Å². The average molecular weight is 274 g/mol. The van der Waals surface area contributed by atoms with Crippen molar-refractivity contribution in [3.63, 3.8) is 0 Å². The lowest BCUT2D eigenvalue weighted by atomic mass is 9.84. The predicted molar refractivity (Wildman–Crippen MR) is 65.5 cm³/mol. The van der Waals surface area contributed by atoms with Crippen molar-refractivity contribution in [2.45, 2.75) is 38.1 Å². The minimum Gasteiger partial charge on any atom is -0.323 e. The van der Waals surface area contributed by atoms with Crippen LogP contribution in [0.4, 0.5) is 0 Å². The number of hydrogen-bond donors (Lipinski definition) is 1. The van der Waals surface area contributed by atoms with Gasteiger partial charge in [-0.05, 0) is 40.8 Å². The molecule has 0 bridgehead atoms. The van der Waals surface area contributed by atoms with Crippen molar-refractivity contribution >= 4 is 27.3 Å². The van der Waals surface area contributed by atoms with Crippen molar-refractivity contribution in [2.24, 2.45) is 11.7 Å². The molecule has 0 unspecified atom stereocenters. The molecule has 0 spiro atoms. The Balaban J connectivity index is 2.03. The molecule has 0 aliphatic heterocycles. The molecule has 2 N–H and O–H groups in total. The Kier molecular flexibility index (Phi) is 3.63. The maximum atomic E-state index is 6.27. The summed E-state index contributed by atoms with van der Waals surface area (Å²) in [7, 11) is 0. The molecule has 14 heavy (non-hydrogen) atoms. The Hall–Kier alpha value is 0.140. The largest absolute Gasteiger partial charge is 0.323 e. The molecule has 1 aromatic heterocycles. The fraction of sp³-hybridized carbons (Fsp3) is 0.636. The monoisotopic (exact) mass is 273 g/mol. The quantitative estimate of drug-likeness (QED) is 0.863. The van der Waals surface area contributed by atoms with E-state index in [9.17, 15) is 0 Å². The topological polar surface area (TPSA) is 26.0 Å². The van der Waals surface area contributed by atoms with Gasteiger partial charge < -0.3 is 5.73 Å². The van der Waals surface area contributed by atoms with Crippen molar-refractivity contribution < 1.29 is 0 Å². The normalized spacial score (nSPS) is 21.0. The van der Waals surface area contributed by atoms with Crippen LogP contribution >= 0.6 is 27.3 Å². The number of nitrogens with two attached hydrogens (primary N) is 1. The Morgan fingerprint density at radius 3 is 2.64 bits per heavy atom. The molecule has 1 saturated carbocycles. The van der Waals surface area contributed by atoms with Crippen LogP contribution in [0.1, 0.15) is 43.0 Å². The summed E-state index contributed by atoms with van der Waals surface area (Å²) >= 11 is 5.26. The minimum atomic E-state index is 0.270. The molecule has 1 aromatic rings. The van der Waals surface area contributed by atoms with Crippen LogP contribution in [0.5, 0.6) is 0 Å². The van der Waals surface area contributed by atoms with E-state index in [4.69, 9.17) is 5.73 Å². The average Bonchev–Trinajstić information content (AvgIpc) is 2.65. The maximum Gasteiger partial charge on any atom is 0.0418 e. The molecule has 0 radical (unpaired) electrons. The van der Waals surface area contributed by atoms with Crippen LogP contribution in [0.25, 0.3) is 0 Å². The van der Waals surface area contributed by atoms with Crippen molar-refractivity contribution in [2.75, 3.05) is 0 Å². The van der Waals surface area contributed by atoms with Gasteiger partial charge in [-0.15, -0.1) is 11.3 Å². The smallest absolute Gasteiger partial charge is 0.0418 e. The van der Waals surface area contributed by atoms with E-state index in [1.807, 2.05) is 0 Å². The zero-order valence-corrected chi connectivity index (χ0v) is 10.6. The zero-order valence-electron chi connectivity index (χ0n) is 8.21. The Bertz CT molecular complexity index is 291. The SMILES string of the molecule is N[C@@H](c1cc(Br)cs1)C1CCCCC1. The summed E-state index contributed by atoms with van der Waals surface area (Å²) in [4.78, 5) is 1.34. The highest BCUT2D eigenvalue weighted by atomic mass is 79.9. The fourth-order valence-corrected chi connectivity index (χ4v) is 3.77. The van der Waals surface area contributed by atoms with Gasteiger partial charge in [-0.25, -0.2) is 0 Å². The summed E-state index contributed by atoms with van der Waals surface area (Å²) < 4.78 is 1.17. The Labute approximate surface area is 97.8 Å². The third-order valence-electron chi connectivity index (χ3n) is 3.07. The summed E-state index contributed by atoms with van der Waals surface area (Å²) in [6, 6.07) is 2.44. The molecule has 2 rings (SSSR count). The molecule has 3 heteroatoms. The molecule has 1 fully saturated rings. The van der Waals surface area contributed by atoms with Gasteiger partial charge in [0.15, 0.2) is 0 Å². The lowest BCUT2D eigenvalue weighted by Gasteiger charge is -2.26. The molecule has 0 saturated heterocycles. The van der Waals surface area contributed by atoms with E-state index in [-0.39, 0.29) is 6.04 Å². The molecule has 0 aromatic carbocycles. The van der Waals surface area contributed by atoms with E-state index >= 15 is 0 Å². The van der Waals surface area contributed by atoms with Crippen molar-refractivity contribution in [1.29, 1.82) is 0 Å². The summed E-state index contributed by atoms with van der Waals surface area (Å²) in [5, 5.41) is 2.12. The Morgan fingerprint density at radius 1 is 1.36 bits per heavy atom. The zero-order chi connectivity index (χ0) is 9.97. The van der Waals surface area contributed by atoms with E-state index in [1.54, 1.807) is 11.3 Å². The lowest BCUT2D eigenvalue weighted by Crippen LogP contribution is -2.22.